The monoisotopic (exact) mass is 393 g/mol. The maximum Gasteiger partial charge on any atom is 0.264 e. The van der Waals surface area contributed by atoms with Crippen LogP contribution in [0.5, 0.6) is 0 Å². The van der Waals surface area contributed by atoms with Gasteiger partial charge in [0.05, 0.1) is 4.88 Å². The van der Waals surface area contributed by atoms with Crippen molar-refractivity contribution in [3.63, 3.8) is 0 Å². The number of nitrogens with zero attached hydrogens (tertiary/aromatic N) is 4. The normalized spacial score (nSPS) is 14.2. The summed E-state index contributed by atoms with van der Waals surface area (Å²) in [5.41, 5.74) is 3.09. The highest BCUT2D eigenvalue weighted by molar-refractivity contribution is 7.12. The molecule has 1 amide bonds. The number of amides is 1. The Morgan fingerprint density at radius 3 is 2.46 bits per heavy atom. The van der Waals surface area contributed by atoms with E-state index in [0.717, 1.165) is 35.2 Å². The van der Waals surface area contributed by atoms with E-state index in [2.05, 4.69) is 34.3 Å². The molecule has 2 aromatic heterocycles. The fourth-order valence-electron chi connectivity index (χ4n) is 3.23. The number of benzene rings is 1. The Morgan fingerprint density at radius 1 is 1.04 bits per heavy atom. The molecule has 0 bridgehead atoms. The zero-order chi connectivity index (χ0) is 19.5. The van der Waals surface area contributed by atoms with Crippen LogP contribution in [0, 0.1) is 13.8 Å². The Kier molecular flexibility index (Phi) is 5.25. The molecule has 1 aromatic carbocycles. The Balaban J connectivity index is 1.44. The Hall–Kier alpha value is -2.93. The number of carbonyl (C=O) groups excluding carboxylic acids is 1. The first-order chi connectivity index (χ1) is 13.6. The first-order valence-electron chi connectivity index (χ1n) is 9.35. The van der Waals surface area contributed by atoms with E-state index in [1.165, 1.54) is 16.9 Å². The lowest BCUT2D eigenvalue weighted by Gasteiger charge is -2.35. The standard InChI is InChI=1S/C21H23N5OS/c1-15-5-7-17(8-6-15)23-21-22-16(2)14-19(24-21)25-9-11-26(12-10-25)20(27)18-4-3-13-28-18/h3-8,13-14H,9-12H2,1-2H3,(H,22,23,24). The molecule has 1 saturated heterocycles. The molecule has 7 heteroatoms. The molecule has 1 aliphatic heterocycles. The Labute approximate surface area is 168 Å². The van der Waals surface area contributed by atoms with Gasteiger partial charge < -0.3 is 15.1 Å². The number of hydrogen-bond donors (Lipinski definition) is 1. The van der Waals surface area contributed by atoms with Gasteiger partial charge in [-0.15, -0.1) is 11.3 Å². The number of rotatable bonds is 4. The average molecular weight is 394 g/mol. The molecule has 0 unspecified atom stereocenters. The van der Waals surface area contributed by atoms with E-state index in [9.17, 15) is 4.79 Å². The molecule has 3 aromatic rings. The van der Waals surface area contributed by atoms with E-state index in [-0.39, 0.29) is 5.91 Å². The molecule has 0 spiro atoms. The van der Waals surface area contributed by atoms with Crippen LogP contribution in [-0.2, 0) is 0 Å². The van der Waals surface area contributed by atoms with Crippen molar-refractivity contribution in [2.75, 3.05) is 36.4 Å². The molecule has 0 saturated carbocycles. The fourth-order valence-corrected chi connectivity index (χ4v) is 3.92. The van der Waals surface area contributed by atoms with Crippen molar-refractivity contribution in [1.82, 2.24) is 14.9 Å². The average Bonchev–Trinajstić information content (AvgIpc) is 3.24. The van der Waals surface area contributed by atoms with E-state index in [1.807, 2.05) is 47.5 Å². The summed E-state index contributed by atoms with van der Waals surface area (Å²) < 4.78 is 0. The van der Waals surface area contributed by atoms with Gasteiger partial charge in [0.2, 0.25) is 5.95 Å². The maximum atomic E-state index is 12.5. The molecule has 6 nitrogen and oxygen atoms in total. The Morgan fingerprint density at radius 2 is 1.79 bits per heavy atom. The minimum atomic E-state index is 0.121. The SMILES string of the molecule is Cc1ccc(Nc2nc(C)cc(N3CCN(C(=O)c4cccs4)CC3)n2)cc1. The van der Waals surface area contributed by atoms with Gasteiger partial charge in [-0.25, -0.2) is 4.98 Å². The molecule has 0 radical (unpaired) electrons. The summed E-state index contributed by atoms with van der Waals surface area (Å²) in [6.07, 6.45) is 0. The maximum absolute atomic E-state index is 12.5. The second kappa shape index (κ2) is 7.98. The van der Waals surface area contributed by atoms with Crippen LogP contribution < -0.4 is 10.2 Å². The van der Waals surface area contributed by atoms with Gasteiger partial charge in [-0.1, -0.05) is 23.8 Å². The van der Waals surface area contributed by atoms with Crippen LogP contribution in [0.1, 0.15) is 20.9 Å². The molecule has 1 aliphatic rings. The summed E-state index contributed by atoms with van der Waals surface area (Å²) in [4.78, 5) is 26.7. The second-order valence-electron chi connectivity index (χ2n) is 6.94. The summed E-state index contributed by atoms with van der Waals surface area (Å²) in [5, 5.41) is 5.23. The lowest BCUT2D eigenvalue weighted by Crippen LogP contribution is -2.49. The first-order valence-corrected chi connectivity index (χ1v) is 10.2. The third kappa shape index (κ3) is 4.14. The molecule has 0 atom stereocenters. The van der Waals surface area contributed by atoms with Crippen molar-refractivity contribution in [2.45, 2.75) is 13.8 Å². The number of hydrogen-bond acceptors (Lipinski definition) is 6. The van der Waals surface area contributed by atoms with E-state index >= 15 is 0 Å². The van der Waals surface area contributed by atoms with Crippen molar-refractivity contribution in [2.24, 2.45) is 0 Å². The molecule has 1 N–H and O–H groups in total. The van der Waals surface area contributed by atoms with Gasteiger partial charge in [0.1, 0.15) is 5.82 Å². The predicted octanol–water partition coefficient (Wildman–Crippen LogP) is 3.86. The molecule has 28 heavy (non-hydrogen) atoms. The van der Waals surface area contributed by atoms with Crippen molar-refractivity contribution in [3.8, 4) is 0 Å². The molecule has 0 aliphatic carbocycles. The minimum Gasteiger partial charge on any atom is -0.353 e. The number of piperazine rings is 1. The first kappa shape index (κ1) is 18.4. The van der Waals surface area contributed by atoms with Gasteiger partial charge in [-0.2, -0.15) is 4.98 Å². The number of carbonyl (C=O) groups is 1. The highest BCUT2D eigenvalue weighted by Gasteiger charge is 2.23. The van der Waals surface area contributed by atoms with Crippen molar-refractivity contribution >= 4 is 34.7 Å². The van der Waals surface area contributed by atoms with Crippen LogP contribution in [0.25, 0.3) is 0 Å². The lowest BCUT2D eigenvalue weighted by atomic mass is 10.2. The highest BCUT2D eigenvalue weighted by atomic mass is 32.1. The minimum absolute atomic E-state index is 0.121. The van der Waals surface area contributed by atoms with Crippen molar-refractivity contribution in [3.05, 3.63) is 64.0 Å². The van der Waals surface area contributed by atoms with E-state index < -0.39 is 0 Å². The van der Waals surface area contributed by atoms with Crippen LogP contribution in [0.4, 0.5) is 17.5 Å². The molecule has 3 heterocycles. The summed E-state index contributed by atoms with van der Waals surface area (Å²) in [5.74, 6) is 1.61. The smallest absolute Gasteiger partial charge is 0.264 e. The van der Waals surface area contributed by atoms with Crippen LogP contribution in [0.15, 0.2) is 47.8 Å². The summed E-state index contributed by atoms with van der Waals surface area (Å²) >= 11 is 1.49. The van der Waals surface area contributed by atoms with Crippen LogP contribution in [0.3, 0.4) is 0 Å². The molecule has 1 fully saturated rings. The number of aryl methyl sites for hydroxylation is 2. The lowest BCUT2D eigenvalue weighted by molar-refractivity contribution is 0.0751. The van der Waals surface area contributed by atoms with Gasteiger partial charge in [-0.05, 0) is 37.4 Å². The number of aromatic nitrogens is 2. The quantitative estimate of drug-likeness (QED) is 0.729. The zero-order valence-electron chi connectivity index (χ0n) is 16.1. The predicted molar refractivity (Wildman–Crippen MR) is 114 cm³/mol. The van der Waals surface area contributed by atoms with Gasteiger partial charge >= 0.3 is 0 Å². The van der Waals surface area contributed by atoms with Gasteiger partial charge in [0.25, 0.3) is 5.91 Å². The number of anilines is 3. The molecular weight excluding hydrogens is 370 g/mol. The van der Waals surface area contributed by atoms with Crippen LogP contribution >= 0.6 is 11.3 Å². The molecule has 4 rings (SSSR count). The van der Waals surface area contributed by atoms with E-state index in [4.69, 9.17) is 4.98 Å². The topological polar surface area (TPSA) is 61.4 Å². The third-order valence-corrected chi connectivity index (χ3v) is 5.63. The Bertz CT molecular complexity index is 947. The highest BCUT2D eigenvalue weighted by Crippen LogP contribution is 2.21. The molecular formula is C21H23N5OS. The van der Waals surface area contributed by atoms with Gasteiger partial charge in [0, 0.05) is 43.6 Å². The largest absolute Gasteiger partial charge is 0.353 e. The van der Waals surface area contributed by atoms with Crippen LogP contribution in [0.2, 0.25) is 0 Å². The summed E-state index contributed by atoms with van der Waals surface area (Å²) in [6.45, 7) is 6.95. The molecule has 144 valence electrons. The summed E-state index contributed by atoms with van der Waals surface area (Å²) in [6, 6.07) is 14.0. The van der Waals surface area contributed by atoms with Crippen molar-refractivity contribution in [1.29, 1.82) is 0 Å². The second-order valence-corrected chi connectivity index (χ2v) is 7.89. The zero-order valence-corrected chi connectivity index (χ0v) is 16.9. The number of nitrogens with one attached hydrogen (secondary N) is 1. The third-order valence-electron chi connectivity index (χ3n) is 4.77. The van der Waals surface area contributed by atoms with Gasteiger partial charge in [0.15, 0.2) is 0 Å². The van der Waals surface area contributed by atoms with Crippen molar-refractivity contribution < 1.29 is 4.79 Å². The number of thiophene rings is 1. The van der Waals surface area contributed by atoms with E-state index in [0.29, 0.717) is 19.0 Å². The van der Waals surface area contributed by atoms with E-state index in [1.54, 1.807) is 0 Å². The fraction of sp³-hybridized carbons (Fsp3) is 0.286. The summed E-state index contributed by atoms with van der Waals surface area (Å²) in [7, 11) is 0. The van der Waals surface area contributed by atoms with Crippen LogP contribution in [-0.4, -0.2) is 47.0 Å². The van der Waals surface area contributed by atoms with Gasteiger partial charge in [-0.3, -0.25) is 4.79 Å².